The van der Waals surface area contributed by atoms with Crippen LogP contribution in [0.1, 0.15) is 24.3 Å². The lowest BCUT2D eigenvalue weighted by Crippen LogP contribution is -2.60. The van der Waals surface area contributed by atoms with Gasteiger partial charge in [-0.05, 0) is 24.8 Å². The zero-order valence-corrected chi connectivity index (χ0v) is 21.8. The molecule has 6 atom stereocenters. The van der Waals surface area contributed by atoms with Crippen LogP contribution in [-0.4, -0.2) is 66.9 Å². The molecule has 6 amide bonds. The van der Waals surface area contributed by atoms with E-state index in [0.29, 0.717) is 16.2 Å². The molecule has 2 aliphatic carbocycles. The first kappa shape index (κ1) is 25.0. The fourth-order valence-corrected chi connectivity index (χ4v) is 7.63. The molecule has 5 rings (SSSR count). The van der Waals surface area contributed by atoms with Gasteiger partial charge in [0.1, 0.15) is 11.5 Å². The molecule has 0 bridgehead atoms. The van der Waals surface area contributed by atoms with Crippen molar-refractivity contribution in [2.24, 2.45) is 23.5 Å². The topological polar surface area (TPSA) is 147 Å². The summed E-state index contributed by atoms with van der Waals surface area (Å²) in [7, 11) is 1.42. The smallest absolute Gasteiger partial charge is 0.328 e. The van der Waals surface area contributed by atoms with E-state index in [9.17, 15) is 29.1 Å². The van der Waals surface area contributed by atoms with Crippen molar-refractivity contribution in [1.82, 2.24) is 9.80 Å². The summed E-state index contributed by atoms with van der Waals surface area (Å²) in [5, 5.41) is 10.9. The number of phenolic OH excluding ortho intramolecular Hbond substituents is 1. The Kier molecular flexibility index (Phi) is 5.70. The number of hydrogen-bond donors (Lipinski definition) is 2. The number of rotatable bonds is 3. The zero-order valence-electron chi connectivity index (χ0n) is 18.7. The minimum absolute atomic E-state index is 0.0742. The summed E-state index contributed by atoms with van der Waals surface area (Å²) in [5.74, 6) is -6.82. The zero-order chi connectivity index (χ0) is 26.3. The number of carbonyl (C=O) groups is 5. The first-order valence-corrected chi connectivity index (χ1v) is 12.9. The fraction of sp³-hybridized carbons (Fsp3) is 0.435. The van der Waals surface area contributed by atoms with Gasteiger partial charge in [-0.15, -0.1) is 23.2 Å². The number of imide groups is 4. The Morgan fingerprint density at radius 1 is 1.19 bits per heavy atom. The van der Waals surface area contributed by atoms with Crippen molar-refractivity contribution < 1.29 is 33.8 Å². The number of ether oxygens (including phenoxy) is 1. The first-order valence-electron chi connectivity index (χ1n) is 11.0. The molecule has 10 nitrogen and oxygen atoms in total. The second-order valence-electron chi connectivity index (χ2n) is 9.26. The molecule has 1 aromatic rings. The highest BCUT2D eigenvalue weighted by Gasteiger charge is 2.76. The number of alkyl halides is 3. The Bertz CT molecular complexity index is 1290. The average molecular weight is 601 g/mol. The molecule has 2 aliphatic heterocycles. The maximum absolute atomic E-state index is 13.6. The van der Waals surface area contributed by atoms with Gasteiger partial charge in [-0.2, -0.15) is 4.90 Å². The van der Waals surface area contributed by atoms with E-state index >= 15 is 0 Å². The third-order valence-corrected chi connectivity index (χ3v) is 9.70. The molecule has 190 valence electrons. The molecule has 36 heavy (non-hydrogen) atoms. The Morgan fingerprint density at radius 2 is 1.89 bits per heavy atom. The molecule has 3 fully saturated rings. The Morgan fingerprint density at radius 3 is 2.47 bits per heavy atom. The molecular formula is C23H20BrCl2N3O7. The number of primary amides is 1. The second-order valence-corrected chi connectivity index (χ2v) is 11.0. The molecule has 0 radical (unpaired) electrons. The molecule has 0 aromatic heterocycles. The number of nitrogens with zero attached hydrogens (tertiary/aromatic N) is 2. The number of phenols is 1. The van der Waals surface area contributed by atoms with Crippen molar-refractivity contribution >= 4 is 68.8 Å². The standard InChI is InChI=1S/C23H20BrCl2N3O7/c1-36-9-2-3-11(14(30)6-9)16-10-4-5-12-15(18(32)29(17(12)31)21(27)35)13(10)7-22(25)19(33)28(8-24)20(34)23(16,22)26/h2-4,6,12-13,15-16,30H,5,7-8H2,1H3,(H2,27,35). The number of aromatic hydroxyl groups is 1. The van der Waals surface area contributed by atoms with Gasteiger partial charge in [0.05, 0.1) is 24.4 Å². The van der Waals surface area contributed by atoms with Gasteiger partial charge in [0.15, 0.2) is 9.75 Å². The number of amides is 6. The van der Waals surface area contributed by atoms with E-state index in [0.717, 1.165) is 4.90 Å². The fourth-order valence-electron chi connectivity index (χ4n) is 6.21. The quantitative estimate of drug-likeness (QED) is 0.234. The van der Waals surface area contributed by atoms with Crippen molar-refractivity contribution in [3.8, 4) is 11.5 Å². The number of carbonyl (C=O) groups excluding carboxylic acids is 5. The van der Waals surface area contributed by atoms with Crippen LogP contribution in [0.4, 0.5) is 4.79 Å². The van der Waals surface area contributed by atoms with Gasteiger partial charge in [-0.25, -0.2) is 4.79 Å². The van der Waals surface area contributed by atoms with Gasteiger partial charge in [-0.3, -0.25) is 24.1 Å². The van der Waals surface area contributed by atoms with Gasteiger partial charge in [0, 0.05) is 17.5 Å². The predicted octanol–water partition coefficient (Wildman–Crippen LogP) is 2.19. The van der Waals surface area contributed by atoms with Crippen LogP contribution in [0.15, 0.2) is 29.8 Å². The van der Waals surface area contributed by atoms with Gasteiger partial charge in [0.25, 0.3) is 11.8 Å². The first-order chi connectivity index (χ1) is 16.9. The van der Waals surface area contributed by atoms with Crippen LogP contribution < -0.4 is 10.5 Å². The number of nitrogens with two attached hydrogens (primary N) is 1. The van der Waals surface area contributed by atoms with E-state index in [-0.39, 0.29) is 29.6 Å². The summed E-state index contributed by atoms with van der Waals surface area (Å²) in [6.07, 6.45) is 1.52. The van der Waals surface area contributed by atoms with Crippen LogP contribution in [-0.2, 0) is 19.2 Å². The lowest BCUT2D eigenvalue weighted by atomic mass is 9.56. The predicted molar refractivity (Wildman–Crippen MR) is 129 cm³/mol. The third-order valence-electron chi connectivity index (χ3n) is 7.78. The van der Waals surface area contributed by atoms with Crippen molar-refractivity contribution in [2.45, 2.75) is 28.5 Å². The lowest BCUT2D eigenvalue weighted by molar-refractivity contribution is -0.139. The molecule has 3 N–H and O–H groups in total. The summed E-state index contributed by atoms with van der Waals surface area (Å²) in [5.41, 5.74) is 5.81. The Hall–Kier alpha value is -2.63. The molecular weight excluding hydrogens is 581 g/mol. The largest absolute Gasteiger partial charge is 0.508 e. The molecule has 1 aromatic carbocycles. The SMILES string of the molecule is COc1ccc(C2C3=CCC4C(=O)N(C(N)=O)C(=O)C4C3CC3(Cl)C(=O)N(CBr)C(=O)C23Cl)c(O)c1. The van der Waals surface area contributed by atoms with Crippen LogP contribution in [0.25, 0.3) is 0 Å². The normalized spacial score (nSPS) is 35.4. The minimum atomic E-state index is -2.05. The highest BCUT2D eigenvalue weighted by Crippen LogP contribution is 2.66. The lowest BCUT2D eigenvalue weighted by Gasteiger charge is -2.50. The number of allylic oxidation sites excluding steroid dienone is 2. The van der Waals surface area contributed by atoms with E-state index < -0.39 is 63.1 Å². The summed E-state index contributed by atoms with van der Waals surface area (Å²) in [6.45, 7) is 0. The van der Waals surface area contributed by atoms with Crippen molar-refractivity contribution in [3.05, 3.63) is 35.4 Å². The van der Waals surface area contributed by atoms with Gasteiger partial charge in [-0.1, -0.05) is 33.6 Å². The molecule has 2 saturated heterocycles. The number of urea groups is 1. The van der Waals surface area contributed by atoms with E-state index in [1.807, 2.05) is 0 Å². The van der Waals surface area contributed by atoms with Crippen molar-refractivity contribution in [3.63, 3.8) is 0 Å². The number of likely N-dealkylation sites (tertiary alicyclic amines) is 2. The van der Waals surface area contributed by atoms with Gasteiger partial charge >= 0.3 is 6.03 Å². The van der Waals surface area contributed by atoms with Crippen molar-refractivity contribution in [2.75, 3.05) is 12.6 Å². The number of hydrogen-bond acceptors (Lipinski definition) is 7. The van der Waals surface area contributed by atoms with Crippen LogP contribution in [0, 0.1) is 17.8 Å². The second kappa shape index (κ2) is 8.19. The number of methoxy groups -OCH3 is 1. The van der Waals surface area contributed by atoms with Crippen LogP contribution >= 0.6 is 39.1 Å². The highest BCUT2D eigenvalue weighted by molar-refractivity contribution is 9.09. The maximum atomic E-state index is 13.6. The Labute approximate surface area is 223 Å². The summed E-state index contributed by atoms with van der Waals surface area (Å²) < 4.78 is 5.16. The molecule has 13 heteroatoms. The Balaban J connectivity index is 1.74. The summed E-state index contributed by atoms with van der Waals surface area (Å²) in [4.78, 5) is 62.3. The highest BCUT2D eigenvalue weighted by atomic mass is 79.9. The third kappa shape index (κ3) is 2.93. The molecule has 2 heterocycles. The molecule has 0 spiro atoms. The van der Waals surface area contributed by atoms with Crippen LogP contribution in [0.5, 0.6) is 11.5 Å². The van der Waals surface area contributed by atoms with Crippen molar-refractivity contribution in [1.29, 1.82) is 0 Å². The summed E-state index contributed by atoms with van der Waals surface area (Å²) in [6, 6.07) is 3.22. The number of fused-ring (bicyclic) bond motifs is 4. The number of halogens is 3. The number of benzene rings is 1. The molecule has 1 saturated carbocycles. The monoisotopic (exact) mass is 599 g/mol. The van der Waals surface area contributed by atoms with Gasteiger partial charge < -0.3 is 15.6 Å². The minimum Gasteiger partial charge on any atom is -0.508 e. The van der Waals surface area contributed by atoms with E-state index in [1.54, 1.807) is 12.1 Å². The van der Waals surface area contributed by atoms with Crippen LogP contribution in [0.2, 0.25) is 0 Å². The van der Waals surface area contributed by atoms with E-state index in [4.69, 9.17) is 33.7 Å². The average Bonchev–Trinajstić information content (AvgIpc) is 3.17. The van der Waals surface area contributed by atoms with Gasteiger partial charge in [0.2, 0.25) is 11.8 Å². The van der Waals surface area contributed by atoms with Crippen LogP contribution in [0.3, 0.4) is 0 Å². The molecule has 6 unspecified atom stereocenters. The molecule has 4 aliphatic rings. The maximum Gasteiger partial charge on any atom is 0.328 e. The van der Waals surface area contributed by atoms with E-state index in [2.05, 4.69) is 15.9 Å². The summed E-state index contributed by atoms with van der Waals surface area (Å²) >= 11 is 17.2. The van der Waals surface area contributed by atoms with E-state index in [1.165, 1.54) is 19.2 Å².